The lowest BCUT2D eigenvalue weighted by Gasteiger charge is -2.03. The van der Waals surface area contributed by atoms with Crippen molar-refractivity contribution < 1.29 is 0 Å². The first-order valence-corrected chi connectivity index (χ1v) is 5.67. The predicted molar refractivity (Wildman–Crippen MR) is 63.6 cm³/mol. The molecule has 2 aromatic heterocycles. The Kier molecular flexibility index (Phi) is 3.68. The van der Waals surface area contributed by atoms with Crippen LogP contribution in [0.1, 0.15) is 5.69 Å². The third-order valence-corrected chi connectivity index (χ3v) is 2.84. The number of thioether (sulfide) groups is 1. The number of nitrogens with two attached hydrogens (primary N) is 1. The average Bonchev–Trinajstić information content (AvgIpc) is 2.38. The van der Waals surface area contributed by atoms with Gasteiger partial charge in [-0.25, -0.2) is 4.98 Å². The standard InChI is InChI=1S/C10H11N5S/c11-15-8-1-2-13-9(5-8)7-16-10-6-12-3-4-14-10/h1-6H,7,11H2,(H,13,15). The van der Waals surface area contributed by atoms with Crippen LogP contribution in [0.15, 0.2) is 41.9 Å². The molecule has 6 heteroatoms. The number of hydrogen-bond acceptors (Lipinski definition) is 6. The molecular weight excluding hydrogens is 222 g/mol. The highest BCUT2D eigenvalue weighted by atomic mass is 32.2. The van der Waals surface area contributed by atoms with Gasteiger partial charge < -0.3 is 5.43 Å². The van der Waals surface area contributed by atoms with E-state index in [0.717, 1.165) is 22.2 Å². The molecule has 2 aromatic rings. The van der Waals surface area contributed by atoms with Gasteiger partial charge >= 0.3 is 0 Å². The van der Waals surface area contributed by atoms with Gasteiger partial charge in [0, 0.05) is 24.3 Å². The van der Waals surface area contributed by atoms with E-state index in [1.807, 2.05) is 12.1 Å². The molecule has 0 atom stereocenters. The monoisotopic (exact) mass is 233 g/mol. The van der Waals surface area contributed by atoms with E-state index < -0.39 is 0 Å². The number of hydrogen-bond donors (Lipinski definition) is 2. The quantitative estimate of drug-likeness (QED) is 0.473. The van der Waals surface area contributed by atoms with Gasteiger partial charge in [0.05, 0.1) is 17.6 Å². The Balaban J connectivity index is 1.99. The maximum atomic E-state index is 5.32. The van der Waals surface area contributed by atoms with Crippen molar-refractivity contribution in [3.05, 3.63) is 42.6 Å². The normalized spacial score (nSPS) is 10.1. The van der Waals surface area contributed by atoms with Crippen LogP contribution < -0.4 is 11.3 Å². The lowest BCUT2D eigenvalue weighted by Crippen LogP contribution is -2.07. The van der Waals surface area contributed by atoms with Crippen LogP contribution in [0.25, 0.3) is 0 Å². The molecule has 0 aromatic carbocycles. The molecule has 0 amide bonds. The minimum atomic E-state index is 0.744. The summed E-state index contributed by atoms with van der Waals surface area (Å²) in [6, 6.07) is 3.72. The van der Waals surface area contributed by atoms with Crippen LogP contribution in [-0.2, 0) is 5.75 Å². The second-order valence-electron chi connectivity index (χ2n) is 3.01. The number of anilines is 1. The summed E-state index contributed by atoms with van der Waals surface area (Å²) >= 11 is 1.59. The number of nitrogens with zero attached hydrogens (tertiary/aromatic N) is 3. The van der Waals surface area contributed by atoms with Crippen molar-refractivity contribution in [1.82, 2.24) is 15.0 Å². The predicted octanol–water partition coefficient (Wildman–Crippen LogP) is 1.45. The van der Waals surface area contributed by atoms with Gasteiger partial charge in [0.25, 0.3) is 0 Å². The second kappa shape index (κ2) is 5.43. The molecular formula is C10H11N5S. The van der Waals surface area contributed by atoms with Crippen LogP contribution in [0.2, 0.25) is 0 Å². The summed E-state index contributed by atoms with van der Waals surface area (Å²) < 4.78 is 0. The van der Waals surface area contributed by atoms with Gasteiger partial charge in [-0.05, 0) is 12.1 Å². The summed E-state index contributed by atoms with van der Waals surface area (Å²) in [6.07, 6.45) is 6.78. The molecule has 3 N–H and O–H groups in total. The second-order valence-corrected chi connectivity index (χ2v) is 4.01. The van der Waals surface area contributed by atoms with Gasteiger partial charge in [-0.2, -0.15) is 0 Å². The first-order valence-electron chi connectivity index (χ1n) is 4.69. The van der Waals surface area contributed by atoms with Crippen molar-refractivity contribution in [2.24, 2.45) is 5.84 Å². The molecule has 2 rings (SSSR count). The van der Waals surface area contributed by atoms with E-state index >= 15 is 0 Å². The van der Waals surface area contributed by atoms with E-state index in [1.54, 1.807) is 36.5 Å². The third-order valence-electron chi connectivity index (χ3n) is 1.89. The Hall–Kier alpha value is -1.66. The minimum absolute atomic E-state index is 0.744. The number of hydrazine groups is 1. The van der Waals surface area contributed by atoms with E-state index in [1.165, 1.54) is 0 Å². The SMILES string of the molecule is NNc1ccnc(CSc2cnccn2)c1. The summed E-state index contributed by atoms with van der Waals surface area (Å²) in [6.45, 7) is 0. The van der Waals surface area contributed by atoms with Crippen LogP contribution >= 0.6 is 11.8 Å². The lowest BCUT2D eigenvalue weighted by atomic mass is 10.3. The first-order chi connectivity index (χ1) is 7.88. The third kappa shape index (κ3) is 2.91. The molecule has 0 aliphatic carbocycles. The Labute approximate surface area is 97.5 Å². The van der Waals surface area contributed by atoms with E-state index in [-0.39, 0.29) is 0 Å². The molecule has 0 saturated carbocycles. The highest BCUT2D eigenvalue weighted by Crippen LogP contribution is 2.19. The number of nitrogen functional groups attached to an aromatic ring is 1. The number of nitrogens with one attached hydrogen (secondary N) is 1. The number of pyridine rings is 1. The molecule has 0 spiro atoms. The van der Waals surface area contributed by atoms with Crippen LogP contribution in [0, 0.1) is 0 Å². The van der Waals surface area contributed by atoms with Crippen molar-refractivity contribution in [3.63, 3.8) is 0 Å². The lowest BCUT2D eigenvalue weighted by molar-refractivity contribution is 1.05. The molecule has 0 saturated heterocycles. The number of aromatic nitrogens is 3. The molecule has 0 unspecified atom stereocenters. The summed E-state index contributed by atoms with van der Waals surface area (Å²) in [5, 5.41) is 0.885. The van der Waals surface area contributed by atoms with Crippen molar-refractivity contribution >= 4 is 17.4 Å². The summed E-state index contributed by atoms with van der Waals surface area (Å²) in [7, 11) is 0. The Bertz CT molecular complexity index is 448. The van der Waals surface area contributed by atoms with Gasteiger partial charge in [-0.15, -0.1) is 0 Å². The summed E-state index contributed by atoms with van der Waals surface area (Å²) in [5.41, 5.74) is 4.39. The Morgan fingerprint density at radius 2 is 2.19 bits per heavy atom. The molecule has 16 heavy (non-hydrogen) atoms. The summed E-state index contributed by atoms with van der Waals surface area (Å²) in [5.74, 6) is 6.06. The van der Waals surface area contributed by atoms with Gasteiger partial charge in [-0.3, -0.25) is 15.8 Å². The van der Waals surface area contributed by atoms with E-state index in [4.69, 9.17) is 5.84 Å². The van der Waals surface area contributed by atoms with Crippen LogP contribution in [0.5, 0.6) is 0 Å². The minimum Gasteiger partial charge on any atom is -0.324 e. The molecule has 0 radical (unpaired) electrons. The van der Waals surface area contributed by atoms with Crippen molar-refractivity contribution in [3.8, 4) is 0 Å². The smallest absolute Gasteiger partial charge is 0.115 e. The van der Waals surface area contributed by atoms with Crippen molar-refractivity contribution in [2.75, 3.05) is 5.43 Å². The molecule has 0 aliphatic rings. The Morgan fingerprint density at radius 3 is 2.94 bits per heavy atom. The highest BCUT2D eigenvalue weighted by molar-refractivity contribution is 7.98. The molecule has 0 bridgehead atoms. The van der Waals surface area contributed by atoms with Crippen molar-refractivity contribution in [2.45, 2.75) is 10.8 Å². The molecule has 2 heterocycles. The zero-order valence-electron chi connectivity index (χ0n) is 8.50. The Morgan fingerprint density at radius 1 is 1.25 bits per heavy atom. The van der Waals surface area contributed by atoms with Gasteiger partial charge in [-0.1, -0.05) is 11.8 Å². The van der Waals surface area contributed by atoms with E-state index in [2.05, 4.69) is 20.4 Å². The van der Waals surface area contributed by atoms with E-state index in [0.29, 0.717) is 0 Å². The largest absolute Gasteiger partial charge is 0.324 e. The average molecular weight is 233 g/mol. The van der Waals surface area contributed by atoms with Crippen LogP contribution in [0.3, 0.4) is 0 Å². The maximum Gasteiger partial charge on any atom is 0.115 e. The molecule has 0 fully saturated rings. The fourth-order valence-corrected chi connectivity index (χ4v) is 1.88. The highest BCUT2D eigenvalue weighted by Gasteiger charge is 1.99. The van der Waals surface area contributed by atoms with Crippen molar-refractivity contribution in [1.29, 1.82) is 0 Å². The molecule has 0 aliphatic heterocycles. The first kappa shape index (κ1) is 10.8. The van der Waals surface area contributed by atoms with Gasteiger partial charge in [0.1, 0.15) is 5.03 Å². The molecule has 5 nitrogen and oxygen atoms in total. The topological polar surface area (TPSA) is 76.7 Å². The summed E-state index contributed by atoms with van der Waals surface area (Å²) in [4.78, 5) is 12.4. The fraction of sp³-hybridized carbons (Fsp3) is 0.100. The fourth-order valence-electron chi connectivity index (χ4n) is 1.15. The van der Waals surface area contributed by atoms with Gasteiger partial charge in [0.2, 0.25) is 0 Å². The van der Waals surface area contributed by atoms with Crippen LogP contribution in [0.4, 0.5) is 5.69 Å². The molecule has 82 valence electrons. The zero-order chi connectivity index (χ0) is 11.2. The van der Waals surface area contributed by atoms with Crippen LogP contribution in [-0.4, -0.2) is 15.0 Å². The number of rotatable bonds is 4. The zero-order valence-corrected chi connectivity index (χ0v) is 9.31. The van der Waals surface area contributed by atoms with E-state index in [9.17, 15) is 0 Å². The van der Waals surface area contributed by atoms with Gasteiger partial charge in [0.15, 0.2) is 0 Å². The maximum absolute atomic E-state index is 5.32.